The van der Waals surface area contributed by atoms with E-state index < -0.39 is 5.54 Å². The van der Waals surface area contributed by atoms with Crippen LogP contribution in [-0.4, -0.2) is 47.4 Å². The average Bonchev–Trinajstić information content (AvgIpc) is 2.49. The van der Waals surface area contributed by atoms with E-state index in [1.807, 2.05) is 49.9 Å². The molecule has 1 heterocycles. The maximum Gasteiger partial charge on any atom is 0.227 e. The van der Waals surface area contributed by atoms with Crippen LogP contribution in [0.3, 0.4) is 0 Å². The van der Waals surface area contributed by atoms with Crippen molar-refractivity contribution in [3.8, 4) is 6.07 Å². The van der Waals surface area contributed by atoms with Gasteiger partial charge in [0.25, 0.3) is 0 Å². The average molecular weight is 285 g/mol. The summed E-state index contributed by atoms with van der Waals surface area (Å²) in [6, 6.07) is 10.4. The van der Waals surface area contributed by atoms with Crippen molar-refractivity contribution >= 4 is 5.91 Å². The van der Waals surface area contributed by atoms with E-state index in [-0.39, 0.29) is 5.91 Å². The molecule has 1 amide bonds. The van der Waals surface area contributed by atoms with Gasteiger partial charge in [-0.3, -0.25) is 9.69 Å². The third kappa shape index (κ3) is 3.83. The minimum atomic E-state index is -0.452. The van der Waals surface area contributed by atoms with Gasteiger partial charge in [0.05, 0.1) is 12.5 Å². The van der Waals surface area contributed by atoms with Crippen LogP contribution in [0.25, 0.3) is 0 Å². The minimum Gasteiger partial charge on any atom is -0.340 e. The van der Waals surface area contributed by atoms with Gasteiger partial charge in [-0.2, -0.15) is 5.26 Å². The molecular formula is C17H23N3O. The zero-order chi connectivity index (χ0) is 15.5. The number of nitrogens with zero attached hydrogens (tertiary/aromatic N) is 3. The van der Waals surface area contributed by atoms with Crippen LogP contribution in [0.2, 0.25) is 0 Å². The van der Waals surface area contributed by atoms with Crippen molar-refractivity contribution < 1.29 is 4.79 Å². The minimum absolute atomic E-state index is 0.174. The Morgan fingerprint density at radius 2 is 1.76 bits per heavy atom. The molecule has 21 heavy (non-hydrogen) atoms. The number of amides is 1. The Morgan fingerprint density at radius 3 is 2.29 bits per heavy atom. The van der Waals surface area contributed by atoms with Gasteiger partial charge in [-0.1, -0.05) is 29.8 Å². The molecule has 0 saturated carbocycles. The molecule has 2 rings (SSSR count). The van der Waals surface area contributed by atoms with Crippen LogP contribution in [-0.2, 0) is 11.2 Å². The Hall–Kier alpha value is -1.86. The van der Waals surface area contributed by atoms with E-state index in [2.05, 4.69) is 11.0 Å². The Morgan fingerprint density at radius 1 is 1.19 bits per heavy atom. The number of benzene rings is 1. The molecule has 112 valence electrons. The standard InChI is InChI=1S/C17H23N3O/c1-14-4-6-15(7-5-14)12-16(21)19-8-10-20(11-9-19)17(2,3)13-18/h4-7H,8-12H2,1-3H3. The second kappa shape index (κ2) is 6.28. The quantitative estimate of drug-likeness (QED) is 0.853. The fourth-order valence-electron chi connectivity index (χ4n) is 2.58. The highest BCUT2D eigenvalue weighted by Gasteiger charge is 2.30. The van der Waals surface area contributed by atoms with E-state index in [1.54, 1.807) is 0 Å². The number of carbonyl (C=O) groups is 1. The van der Waals surface area contributed by atoms with Crippen molar-refractivity contribution in [1.29, 1.82) is 5.26 Å². The van der Waals surface area contributed by atoms with Gasteiger partial charge in [0.1, 0.15) is 5.54 Å². The number of carbonyl (C=O) groups excluding carboxylic acids is 1. The van der Waals surface area contributed by atoms with Crippen LogP contribution in [0.5, 0.6) is 0 Å². The maximum atomic E-state index is 12.3. The van der Waals surface area contributed by atoms with Gasteiger partial charge in [-0.05, 0) is 26.3 Å². The van der Waals surface area contributed by atoms with Gasteiger partial charge in [-0.25, -0.2) is 0 Å². The molecule has 1 aliphatic heterocycles. The predicted molar refractivity (Wildman–Crippen MR) is 82.7 cm³/mol. The molecule has 1 fully saturated rings. The van der Waals surface area contributed by atoms with E-state index in [0.717, 1.165) is 18.7 Å². The summed E-state index contributed by atoms with van der Waals surface area (Å²) in [6.45, 7) is 8.83. The highest BCUT2D eigenvalue weighted by atomic mass is 16.2. The lowest BCUT2D eigenvalue weighted by atomic mass is 10.0. The second-order valence-electron chi connectivity index (χ2n) is 6.20. The lowest BCUT2D eigenvalue weighted by Gasteiger charge is -2.40. The number of nitriles is 1. The van der Waals surface area contributed by atoms with Crippen LogP contribution >= 0.6 is 0 Å². The van der Waals surface area contributed by atoms with E-state index in [1.165, 1.54) is 5.56 Å². The highest BCUT2D eigenvalue weighted by Crippen LogP contribution is 2.16. The smallest absolute Gasteiger partial charge is 0.227 e. The zero-order valence-electron chi connectivity index (χ0n) is 13.1. The van der Waals surface area contributed by atoms with E-state index in [4.69, 9.17) is 5.26 Å². The first-order chi connectivity index (χ1) is 9.92. The molecule has 0 aliphatic carbocycles. The summed E-state index contributed by atoms with van der Waals surface area (Å²) in [4.78, 5) is 16.4. The molecular weight excluding hydrogens is 262 g/mol. The van der Waals surface area contributed by atoms with Crippen LogP contribution in [0.4, 0.5) is 0 Å². The van der Waals surface area contributed by atoms with E-state index in [0.29, 0.717) is 19.5 Å². The lowest BCUT2D eigenvalue weighted by Crippen LogP contribution is -2.55. The van der Waals surface area contributed by atoms with E-state index >= 15 is 0 Å². The third-order valence-corrected chi connectivity index (χ3v) is 4.17. The molecule has 4 heteroatoms. The number of piperazine rings is 1. The summed E-state index contributed by atoms with van der Waals surface area (Å²) in [7, 11) is 0. The summed E-state index contributed by atoms with van der Waals surface area (Å²) in [6.07, 6.45) is 0.460. The molecule has 0 bridgehead atoms. The first-order valence-electron chi connectivity index (χ1n) is 7.42. The van der Waals surface area contributed by atoms with Crippen LogP contribution in [0, 0.1) is 18.3 Å². The highest BCUT2D eigenvalue weighted by molar-refractivity contribution is 5.78. The molecule has 0 atom stereocenters. The summed E-state index contributed by atoms with van der Waals surface area (Å²) >= 11 is 0. The van der Waals surface area contributed by atoms with Gasteiger partial charge >= 0.3 is 0 Å². The normalized spacial score (nSPS) is 16.6. The lowest BCUT2D eigenvalue weighted by molar-refractivity contribution is -0.132. The fraction of sp³-hybridized carbons (Fsp3) is 0.529. The van der Waals surface area contributed by atoms with Crippen molar-refractivity contribution in [2.24, 2.45) is 0 Å². The van der Waals surface area contributed by atoms with Crippen molar-refractivity contribution in [3.63, 3.8) is 0 Å². The van der Waals surface area contributed by atoms with Crippen molar-refractivity contribution in [3.05, 3.63) is 35.4 Å². The topological polar surface area (TPSA) is 47.3 Å². The van der Waals surface area contributed by atoms with Gasteiger partial charge in [0.15, 0.2) is 0 Å². The molecule has 1 saturated heterocycles. The van der Waals surface area contributed by atoms with Crippen LogP contribution < -0.4 is 0 Å². The molecule has 0 spiro atoms. The first kappa shape index (κ1) is 15.5. The molecule has 0 N–H and O–H groups in total. The second-order valence-corrected chi connectivity index (χ2v) is 6.20. The molecule has 1 aromatic rings. The Kier molecular flexibility index (Phi) is 4.64. The number of hydrogen-bond acceptors (Lipinski definition) is 3. The Bertz CT molecular complexity index is 534. The molecule has 0 aromatic heterocycles. The fourth-order valence-corrected chi connectivity index (χ4v) is 2.58. The molecule has 4 nitrogen and oxygen atoms in total. The van der Waals surface area contributed by atoms with Gasteiger partial charge in [-0.15, -0.1) is 0 Å². The summed E-state index contributed by atoms with van der Waals surface area (Å²) < 4.78 is 0. The number of rotatable bonds is 3. The maximum absolute atomic E-state index is 12.3. The van der Waals surface area contributed by atoms with Crippen LogP contribution in [0.15, 0.2) is 24.3 Å². The number of hydrogen-bond donors (Lipinski definition) is 0. The summed E-state index contributed by atoms with van der Waals surface area (Å²) in [5.41, 5.74) is 1.82. The monoisotopic (exact) mass is 285 g/mol. The molecule has 0 unspecified atom stereocenters. The van der Waals surface area contributed by atoms with Gasteiger partial charge in [0.2, 0.25) is 5.91 Å². The third-order valence-electron chi connectivity index (χ3n) is 4.17. The van der Waals surface area contributed by atoms with Crippen molar-refractivity contribution in [2.45, 2.75) is 32.7 Å². The molecule has 1 aliphatic rings. The zero-order valence-corrected chi connectivity index (χ0v) is 13.1. The van der Waals surface area contributed by atoms with Gasteiger partial charge in [0, 0.05) is 26.2 Å². The summed E-state index contributed by atoms with van der Waals surface area (Å²) in [5, 5.41) is 9.17. The van der Waals surface area contributed by atoms with Crippen molar-refractivity contribution in [1.82, 2.24) is 9.80 Å². The largest absolute Gasteiger partial charge is 0.340 e. The van der Waals surface area contributed by atoms with Crippen LogP contribution in [0.1, 0.15) is 25.0 Å². The number of aryl methyl sites for hydroxylation is 1. The first-order valence-corrected chi connectivity index (χ1v) is 7.42. The van der Waals surface area contributed by atoms with Crippen molar-refractivity contribution in [2.75, 3.05) is 26.2 Å². The Labute approximate surface area is 127 Å². The predicted octanol–water partition coefficient (Wildman–Crippen LogP) is 1.98. The Balaban J connectivity index is 1.89. The molecule has 1 aromatic carbocycles. The molecule has 0 radical (unpaired) electrons. The van der Waals surface area contributed by atoms with E-state index in [9.17, 15) is 4.79 Å². The summed E-state index contributed by atoms with van der Waals surface area (Å²) in [5.74, 6) is 0.174. The SMILES string of the molecule is Cc1ccc(CC(=O)N2CCN(C(C)(C)C#N)CC2)cc1. The van der Waals surface area contributed by atoms with Gasteiger partial charge < -0.3 is 4.90 Å².